The number of carbonyl (C=O) groups excluding carboxylic acids is 1. The van der Waals surface area contributed by atoms with E-state index in [-0.39, 0.29) is 5.91 Å². The first-order chi connectivity index (χ1) is 8.99. The average molecular weight is 395 g/mol. The minimum Gasteiger partial charge on any atom is -0.350 e. The molecule has 0 aromatic heterocycles. The van der Waals surface area contributed by atoms with Crippen molar-refractivity contribution in [1.29, 1.82) is 0 Å². The third kappa shape index (κ3) is 4.93. The molecule has 0 spiro atoms. The van der Waals surface area contributed by atoms with Gasteiger partial charge in [0.05, 0.1) is 5.02 Å². The first-order valence-electron chi connectivity index (χ1n) is 6.46. The molecule has 0 bridgehead atoms. The summed E-state index contributed by atoms with van der Waals surface area (Å²) >= 11 is 8.07. The summed E-state index contributed by atoms with van der Waals surface area (Å²) in [6.07, 6.45) is 0. The van der Waals surface area contributed by atoms with Crippen molar-refractivity contribution >= 4 is 40.1 Å². The molecule has 0 saturated carbocycles. The fourth-order valence-electron chi connectivity index (χ4n) is 1.96. The summed E-state index contributed by atoms with van der Waals surface area (Å²) in [5.74, 6) is -0.0476. The van der Waals surface area contributed by atoms with E-state index < -0.39 is 0 Å². The molecule has 1 aromatic carbocycles. The Morgan fingerprint density at radius 3 is 2.58 bits per heavy atom. The van der Waals surface area contributed by atoms with Gasteiger partial charge >= 0.3 is 0 Å². The number of nitrogens with zero attached hydrogens (tertiary/aromatic N) is 1. The summed E-state index contributed by atoms with van der Waals surface area (Å²) in [5, 5.41) is 3.64. The molecule has 1 atom stereocenters. The van der Waals surface area contributed by atoms with Crippen LogP contribution in [0.25, 0.3) is 0 Å². The van der Waals surface area contributed by atoms with Crippen molar-refractivity contribution in [3.63, 3.8) is 0 Å². The zero-order valence-electron chi connectivity index (χ0n) is 11.5. The largest absolute Gasteiger partial charge is 0.350 e. The van der Waals surface area contributed by atoms with Crippen LogP contribution in [-0.4, -0.2) is 36.5 Å². The predicted octanol–water partition coefficient (Wildman–Crippen LogP) is 3.40. The molecule has 1 unspecified atom stereocenters. The van der Waals surface area contributed by atoms with Gasteiger partial charge in [-0.1, -0.05) is 25.4 Å². The van der Waals surface area contributed by atoms with Crippen LogP contribution in [0.5, 0.6) is 0 Å². The Bertz CT molecular complexity index is 435. The van der Waals surface area contributed by atoms with Crippen LogP contribution >= 0.6 is 34.2 Å². The van der Waals surface area contributed by atoms with Crippen LogP contribution < -0.4 is 5.32 Å². The van der Waals surface area contributed by atoms with Gasteiger partial charge in [0, 0.05) is 21.7 Å². The van der Waals surface area contributed by atoms with E-state index >= 15 is 0 Å². The maximum Gasteiger partial charge on any atom is 0.251 e. The molecule has 1 rings (SSSR count). The summed E-state index contributed by atoms with van der Waals surface area (Å²) in [4.78, 5) is 14.3. The van der Waals surface area contributed by atoms with Crippen molar-refractivity contribution in [2.45, 2.75) is 26.8 Å². The van der Waals surface area contributed by atoms with Gasteiger partial charge in [-0.3, -0.25) is 9.69 Å². The van der Waals surface area contributed by atoms with Gasteiger partial charge in [0.2, 0.25) is 0 Å². The highest BCUT2D eigenvalue weighted by Gasteiger charge is 2.12. The Morgan fingerprint density at radius 2 is 2.05 bits per heavy atom. The molecule has 0 radical (unpaired) electrons. The average Bonchev–Trinajstić information content (AvgIpc) is 2.40. The van der Waals surface area contributed by atoms with E-state index in [4.69, 9.17) is 11.6 Å². The van der Waals surface area contributed by atoms with Gasteiger partial charge in [-0.25, -0.2) is 0 Å². The zero-order valence-corrected chi connectivity index (χ0v) is 14.5. The molecule has 1 aromatic rings. The van der Waals surface area contributed by atoms with Crippen LogP contribution in [0, 0.1) is 3.57 Å². The maximum absolute atomic E-state index is 12.0. The summed E-state index contributed by atoms with van der Waals surface area (Å²) in [5.41, 5.74) is 0.653. The molecular weight excluding hydrogens is 375 g/mol. The van der Waals surface area contributed by atoms with Gasteiger partial charge in [-0.15, -0.1) is 0 Å². The van der Waals surface area contributed by atoms with Crippen molar-refractivity contribution in [2.75, 3.05) is 19.6 Å². The van der Waals surface area contributed by atoms with E-state index in [1.54, 1.807) is 18.2 Å². The second-order valence-corrected chi connectivity index (χ2v) is 5.98. The lowest BCUT2D eigenvalue weighted by atomic mass is 10.2. The summed E-state index contributed by atoms with van der Waals surface area (Å²) < 4.78 is 0.892. The van der Waals surface area contributed by atoms with Crippen LogP contribution in [0.15, 0.2) is 18.2 Å². The van der Waals surface area contributed by atoms with Gasteiger partial charge in [0.15, 0.2) is 0 Å². The Balaban J connectivity index is 2.58. The fraction of sp³-hybridized carbons (Fsp3) is 0.500. The highest BCUT2D eigenvalue weighted by molar-refractivity contribution is 14.1. The molecule has 1 amide bonds. The van der Waals surface area contributed by atoms with Crippen LogP contribution in [0.4, 0.5) is 0 Å². The number of rotatable bonds is 6. The van der Waals surface area contributed by atoms with Crippen molar-refractivity contribution in [2.24, 2.45) is 0 Å². The molecule has 0 aliphatic carbocycles. The third-order valence-electron chi connectivity index (χ3n) is 3.18. The standard InChI is InChI=1S/C14H20ClIN2O/c1-4-18(5-2)10(3)9-17-14(19)11-6-7-12(15)13(16)8-11/h6-8,10H,4-5,9H2,1-3H3,(H,17,19). The smallest absolute Gasteiger partial charge is 0.251 e. The second-order valence-electron chi connectivity index (χ2n) is 4.41. The van der Waals surface area contributed by atoms with Gasteiger partial charge in [-0.05, 0) is 60.8 Å². The molecule has 1 N–H and O–H groups in total. The first-order valence-corrected chi connectivity index (χ1v) is 7.92. The van der Waals surface area contributed by atoms with E-state index in [2.05, 4.69) is 53.6 Å². The number of likely N-dealkylation sites (N-methyl/N-ethyl adjacent to an activating group) is 1. The lowest BCUT2D eigenvalue weighted by molar-refractivity contribution is 0.0938. The molecule has 0 aliphatic rings. The quantitative estimate of drug-likeness (QED) is 0.750. The highest BCUT2D eigenvalue weighted by Crippen LogP contribution is 2.19. The summed E-state index contributed by atoms with van der Waals surface area (Å²) in [7, 11) is 0. The zero-order chi connectivity index (χ0) is 14.4. The predicted molar refractivity (Wildman–Crippen MR) is 88.9 cm³/mol. The molecule has 0 heterocycles. The molecule has 0 saturated heterocycles. The second kappa shape index (κ2) is 8.07. The number of hydrogen-bond acceptors (Lipinski definition) is 2. The van der Waals surface area contributed by atoms with Crippen LogP contribution in [-0.2, 0) is 0 Å². The van der Waals surface area contributed by atoms with E-state index in [9.17, 15) is 4.79 Å². The maximum atomic E-state index is 12.0. The van der Waals surface area contributed by atoms with Gasteiger partial charge in [0.1, 0.15) is 0 Å². The van der Waals surface area contributed by atoms with Gasteiger partial charge in [-0.2, -0.15) is 0 Å². The third-order valence-corrected chi connectivity index (χ3v) is 4.72. The van der Waals surface area contributed by atoms with Gasteiger partial charge in [0.25, 0.3) is 5.91 Å². The van der Waals surface area contributed by atoms with E-state index in [1.807, 2.05) is 0 Å². The molecule has 106 valence electrons. The number of carbonyl (C=O) groups is 1. The number of halogens is 2. The Hall–Kier alpha value is -0.330. The summed E-state index contributed by atoms with van der Waals surface area (Å²) in [6.45, 7) is 9.02. The molecule has 3 nitrogen and oxygen atoms in total. The van der Waals surface area contributed by atoms with Crippen LogP contribution in [0.3, 0.4) is 0 Å². The van der Waals surface area contributed by atoms with Crippen molar-refractivity contribution in [1.82, 2.24) is 10.2 Å². The lowest BCUT2D eigenvalue weighted by Crippen LogP contribution is -2.42. The minimum absolute atomic E-state index is 0.0476. The van der Waals surface area contributed by atoms with Crippen LogP contribution in [0.1, 0.15) is 31.1 Å². The molecule has 0 fully saturated rings. The number of benzene rings is 1. The normalized spacial score (nSPS) is 12.5. The van der Waals surface area contributed by atoms with Crippen LogP contribution in [0.2, 0.25) is 5.02 Å². The summed E-state index contributed by atoms with van der Waals surface area (Å²) in [6, 6.07) is 5.65. The lowest BCUT2D eigenvalue weighted by Gasteiger charge is -2.26. The molecule has 19 heavy (non-hydrogen) atoms. The highest BCUT2D eigenvalue weighted by atomic mass is 127. The topological polar surface area (TPSA) is 32.3 Å². The molecule has 5 heteroatoms. The Kier molecular flexibility index (Phi) is 7.10. The minimum atomic E-state index is -0.0476. The fourth-order valence-corrected chi connectivity index (χ4v) is 2.59. The van der Waals surface area contributed by atoms with E-state index in [0.29, 0.717) is 23.2 Å². The van der Waals surface area contributed by atoms with E-state index in [1.165, 1.54) is 0 Å². The van der Waals surface area contributed by atoms with E-state index in [0.717, 1.165) is 16.7 Å². The Morgan fingerprint density at radius 1 is 1.42 bits per heavy atom. The van der Waals surface area contributed by atoms with Crippen molar-refractivity contribution < 1.29 is 4.79 Å². The molecular formula is C14H20ClIN2O. The number of amides is 1. The van der Waals surface area contributed by atoms with Gasteiger partial charge < -0.3 is 5.32 Å². The molecule has 0 aliphatic heterocycles. The monoisotopic (exact) mass is 394 g/mol. The number of nitrogens with one attached hydrogen (secondary N) is 1. The Labute approximate surface area is 133 Å². The number of hydrogen-bond donors (Lipinski definition) is 1. The van der Waals surface area contributed by atoms with Crippen molar-refractivity contribution in [3.05, 3.63) is 32.4 Å². The SMILES string of the molecule is CCN(CC)C(C)CNC(=O)c1ccc(Cl)c(I)c1. The van der Waals surface area contributed by atoms with Crippen molar-refractivity contribution in [3.8, 4) is 0 Å². The first kappa shape index (κ1) is 16.7.